The summed E-state index contributed by atoms with van der Waals surface area (Å²) in [5.41, 5.74) is 1.33. The molecule has 0 aliphatic heterocycles. The van der Waals surface area contributed by atoms with E-state index >= 15 is 0 Å². The lowest BCUT2D eigenvalue weighted by molar-refractivity contribution is 0.593. The number of nitrogens with one attached hydrogen (secondary N) is 1. The maximum Gasteiger partial charge on any atom is 0.295 e. The molecule has 1 N–H and O–H groups in total. The summed E-state index contributed by atoms with van der Waals surface area (Å²) in [6.45, 7) is 5.65. The summed E-state index contributed by atoms with van der Waals surface area (Å²) in [5, 5.41) is 3.07. The van der Waals surface area contributed by atoms with Gasteiger partial charge >= 0.3 is 0 Å². The molecule has 0 saturated heterocycles. The Kier molecular flexibility index (Phi) is 5.66. The molecule has 0 radical (unpaired) electrons. The molecule has 2 aromatic heterocycles. The van der Waals surface area contributed by atoms with Gasteiger partial charge in [-0.15, -0.1) is 0 Å². The molecule has 0 saturated carbocycles. The molecule has 0 bridgehead atoms. The molecule has 0 spiro atoms. The molecule has 148 valence electrons. The van der Waals surface area contributed by atoms with Crippen molar-refractivity contribution in [2.24, 2.45) is 0 Å². The number of hydrogen-bond donors (Lipinski definition) is 1. The molecule has 3 aromatic rings. The minimum absolute atomic E-state index is 0.0472. The number of benzene rings is 1. The van der Waals surface area contributed by atoms with Gasteiger partial charge in [0.25, 0.3) is 5.56 Å². The molecular weight excluding hydrogens is 402 g/mol. The summed E-state index contributed by atoms with van der Waals surface area (Å²) in [7, 11) is -3.24. The van der Waals surface area contributed by atoms with Crippen molar-refractivity contribution in [3.05, 3.63) is 51.7 Å². The predicted molar refractivity (Wildman–Crippen MR) is 108 cm³/mol. The zero-order valence-electron chi connectivity index (χ0n) is 15.7. The van der Waals surface area contributed by atoms with E-state index in [0.717, 1.165) is 5.56 Å². The monoisotopic (exact) mass is 421 g/mol. The molecular formula is C18H20ClN5O3S. The molecule has 0 aliphatic carbocycles. The Bertz CT molecular complexity index is 1170. The standard InChI is InChI=1S/C18H20ClN5O3S/c1-4-28(26,27)13-7-5-12(6-8-13)9-20-15-17(25)24(11(2)3)16-14(22-15)10-21-18(19)23-16/h5-8,10-11H,4,9H2,1-3H3,(H,20,22). The van der Waals surface area contributed by atoms with Gasteiger partial charge in [-0.2, -0.15) is 4.98 Å². The zero-order chi connectivity index (χ0) is 20.5. The summed E-state index contributed by atoms with van der Waals surface area (Å²) < 4.78 is 25.3. The molecule has 0 amide bonds. The Morgan fingerprint density at radius 1 is 1.18 bits per heavy atom. The Labute approximate surface area is 167 Å². The first-order valence-corrected chi connectivity index (χ1v) is 10.8. The van der Waals surface area contributed by atoms with Crippen LogP contribution in [0.1, 0.15) is 32.4 Å². The van der Waals surface area contributed by atoms with Crippen molar-refractivity contribution in [1.82, 2.24) is 19.5 Å². The quantitative estimate of drug-likeness (QED) is 0.609. The van der Waals surface area contributed by atoms with Crippen molar-refractivity contribution in [1.29, 1.82) is 0 Å². The van der Waals surface area contributed by atoms with Crippen LogP contribution in [0.15, 0.2) is 40.2 Å². The highest BCUT2D eigenvalue weighted by Gasteiger charge is 2.16. The van der Waals surface area contributed by atoms with E-state index in [1.54, 1.807) is 31.2 Å². The van der Waals surface area contributed by atoms with Crippen LogP contribution in [-0.2, 0) is 16.4 Å². The summed E-state index contributed by atoms with van der Waals surface area (Å²) in [5.74, 6) is 0.212. The SMILES string of the molecule is CCS(=O)(=O)c1ccc(CNc2nc3cnc(Cl)nc3n(C(C)C)c2=O)cc1. The van der Waals surface area contributed by atoms with Crippen LogP contribution in [0.4, 0.5) is 5.82 Å². The zero-order valence-corrected chi connectivity index (χ0v) is 17.3. The van der Waals surface area contributed by atoms with Crippen LogP contribution >= 0.6 is 11.6 Å². The third-order valence-electron chi connectivity index (χ3n) is 4.24. The van der Waals surface area contributed by atoms with E-state index in [4.69, 9.17) is 11.6 Å². The summed E-state index contributed by atoms with van der Waals surface area (Å²) >= 11 is 5.86. The normalized spacial score (nSPS) is 11.9. The lowest BCUT2D eigenvalue weighted by Gasteiger charge is -2.15. The molecule has 0 aliphatic rings. The van der Waals surface area contributed by atoms with Gasteiger partial charge in [0.05, 0.1) is 16.8 Å². The van der Waals surface area contributed by atoms with Crippen LogP contribution in [0.2, 0.25) is 5.28 Å². The highest BCUT2D eigenvalue weighted by molar-refractivity contribution is 7.91. The lowest BCUT2D eigenvalue weighted by atomic mass is 10.2. The molecule has 10 heteroatoms. The third-order valence-corrected chi connectivity index (χ3v) is 6.17. The number of anilines is 1. The molecule has 0 atom stereocenters. The first-order chi connectivity index (χ1) is 13.2. The van der Waals surface area contributed by atoms with Crippen LogP contribution in [0.5, 0.6) is 0 Å². The number of aromatic nitrogens is 4. The second-order valence-electron chi connectivity index (χ2n) is 6.48. The van der Waals surface area contributed by atoms with Crippen LogP contribution in [-0.4, -0.2) is 33.7 Å². The van der Waals surface area contributed by atoms with Crippen LogP contribution in [0.25, 0.3) is 11.2 Å². The summed E-state index contributed by atoms with van der Waals surface area (Å²) in [6.07, 6.45) is 1.47. The minimum atomic E-state index is -3.24. The first kappa shape index (κ1) is 20.2. The fourth-order valence-corrected chi connectivity index (χ4v) is 3.75. The van der Waals surface area contributed by atoms with Crippen molar-refractivity contribution in [2.45, 2.75) is 38.3 Å². The first-order valence-electron chi connectivity index (χ1n) is 8.73. The Balaban J connectivity index is 1.92. The number of nitrogens with zero attached hydrogens (tertiary/aromatic N) is 4. The minimum Gasteiger partial charge on any atom is -0.361 e. The van der Waals surface area contributed by atoms with Crippen LogP contribution in [0.3, 0.4) is 0 Å². The van der Waals surface area contributed by atoms with Gasteiger partial charge in [-0.25, -0.2) is 18.4 Å². The molecule has 0 unspecified atom stereocenters. The van der Waals surface area contributed by atoms with Gasteiger partial charge in [-0.05, 0) is 43.1 Å². The highest BCUT2D eigenvalue weighted by atomic mass is 35.5. The number of fused-ring (bicyclic) bond motifs is 1. The fraction of sp³-hybridized carbons (Fsp3) is 0.333. The average Bonchev–Trinajstić information content (AvgIpc) is 2.66. The lowest BCUT2D eigenvalue weighted by Crippen LogP contribution is -2.27. The Hall–Kier alpha value is -2.52. The number of hydrogen-bond acceptors (Lipinski definition) is 7. The van der Waals surface area contributed by atoms with E-state index in [0.29, 0.717) is 17.7 Å². The molecule has 28 heavy (non-hydrogen) atoms. The highest BCUT2D eigenvalue weighted by Crippen LogP contribution is 2.17. The molecule has 8 nitrogen and oxygen atoms in total. The predicted octanol–water partition coefficient (Wildman–Crippen LogP) is 2.83. The van der Waals surface area contributed by atoms with Gasteiger partial charge in [0.1, 0.15) is 5.52 Å². The van der Waals surface area contributed by atoms with Gasteiger partial charge in [0.15, 0.2) is 21.3 Å². The van der Waals surface area contributed by atoms with Gasteiger partial charge < -0.3 is 5.32 Å². The van der Waals surface area contributed by atoms with Crippen molar-refractivity contribution in [3.8, 4) is 0 Å². The van der Waals surface area contributed by atoms with E-state index in [-0.39, 0.29) is 33.4 Å². The van der Waals surface area contributed by atoms with E-state index in [1.807, 2.05) is 13.8 Å². The molecule has 0 fully saturated rings. The van der Waals surface area contributed by atoms with Crippen molar-refractivity contribution in [3.63, 3.8) is 0 Å². The van der Waals surface area contributed by atoms with Crippen LogP contribution in [0, 0.1) is 0 Å². The van der Waals surface area contributed by atoms with Crippen molar-refractivity contribution >= 4 is 38.4 Å². The topological polar surface area (TPSA) is 107 Å². The fourth-order valence-electron chi connectivity index (χ4n) is 2.74. The van der Waals surface area contributed by atoms with Gasteiger partial charge in [0, 0.05) is 12.6 Å². The summed E-state index contributed by atoms with van der Waals surface area (Å²) in [6, 6.07) is 6.39. The smallest absolute Gasteiger partial charge is 0.295 e. The Morgan fingerprint density at radius 3 is 2.46 bits per heavy atom. The molecule has 2 heterocycles. The van der Waals surface area contributed by atoms with E-state index < -0.39 is 9.84 Å². The largest absolute Gasteiger partial charge is 0.361 e. The number of halogens is 1. The molecule has 1 aromatic carbocycles. The van der Waals surface area contributed by atoms with E-state index in [2.05, 4.69) is 20.3 Å². The molecule has 3 rings (SSSR count). The summed E-state index contributed by atoms with van der Waals surface area (Å²) in [4.78, 5) is 25.5. The van der Waals surface area contributed by atoms with Crippen LogP contribution < -0.4 is 10.9 Å². The maximum absolute atomic E-state index is 12.8. The van der Waals surface area contributed by atoms with Crippen molar-refractivity contribution in [2.75, 3.05) is 11.1 Å². The Morgan fingerprint density at radius 2 is 1.86 bits per heavy atom. The van der Waals surface area contributed by atoms with Gasteiger partial charge in [-0.3, -0.25) is 9.36 Å². The van der Waals surface area contributed by atoms with E-state index in [1.165, 1.54) is 10.8 Å². The third kappa shape index (κ3) is 4.00. The second kappa shape index (κ2) is 7.84. The average molecular weight is 422 g/mol. The number of sulfone groups is 1. The van der Waals surface area contributed by atoms with Gasteiger partial charge in [0.2, 0.25) is 5.28 Å². The van der Waals surface area contributed by atoms with Crippen molar-refractivity contribution < 1.29 is 8.42 Å². The van der Waals surface area contributed by atoms with E-state index in [9.17, 15) is 13.2 Å². The van der Waals surface area contributed by atoms with Gasteiger partial charge in [-0.1, -0.05) is 19.1 Å². The maximum atomic E-state index is 12.8. The second-order valence-corrected chi connectivity index (χ2v) is 9.09. The number of rotatable bonds is 6.